The van der Waals surface area contributed by atoms with E-state index in [0.717, 1.165) is 0 Å². The second-order valence-corrected chi connectivity index (χ2v) is 6.64. The highest BCUT2D eigenvalue weighted by Gasteiger charge is 2.36. The third-order valence-corrected chi connectivity index (χ3v) is 3.52. The monoisotopic (exact) mass is 333 g/mol. The molecule has 0 saturated carbocycles. The number of nitrogens with zero attached hydrogens (tertiary/aromatic N) is 1. The van der Waals surface area contributed by atoms with Crippen molar-refractivity contribution in [3.05, 3.63) is 35.9 Å². The molecular weight excluding hydrogens is 310 g/mol. The number of hydrogen-bond donors (Lipinski definition) is 2. The molecule has 1 saturated heterocycles. The molecule has 1 aromatic carbocycles. The van der Waals surface area contributed by atoms with Crippen molar-refractivity contribution in [3.8, 4) is 0 Å². The summed E-state index contributed by atoms with van der Waals surface area (Å²) in [5.41, 5.74) is 4.56. The lowest BCUT2D eigenvalue weighted by atomic mass is 10.2. The van der Waals surface area contributed by atoms with Gasteiger partial charge in [0.1, 0.15) is 11.6 Å². The lowest BCUT2D eigenvalue weighted by Crippen LogP contribution is -2.52. The molecule has 1 atom stereocenters. The van der Waals surface area contributed by atoms with Gasteiger partial charge in [-0.2, -0.15) is 0 Å². The van der Waals surface area contributed by atoms with Gasteiger partial charge in [0.25, 0.3) is 11.8 Å². The first-order chi connectivity index (χ1) is 11.3. The molecule has 130 valence electrons. The number of carbonyl (C=O) groups is 3. The van der Waals surface area contributed by atoms with Gasteiger partial charge < -0.3 is 4.74 Å². The smallest absolute Gasteiger partial charge is 0.410 e. The lowest BCUT2D eigenvalue weighted by molar-refractivity contribution is -0.126. The molecule has 0 radical (unpaired) electrons. The Bertz CT molecular complexity index is 610. The van der Waals surface area contributed by atoms with E-state index in [1.807, 2.05) is 0 Å². The Kier molecular flexibility index (Phi) is 5.43. The van der Waals surface area contributed by atoms with Crippen molar-refractivity contribution in [1.29, 1.82) is 0 Å². The van der Waals surface area contributed by atoms with Crippen LogP contribution in [0.25, 0.3) is 0 Å². The largest absolute Gasteiger partial charge is 0.444 e. The van der Waals surface area contributed by atoms with Crippen molar-refractivity contribution < 1.29 is 19.1 Å². The number of nitrogens with one attached hydrogen (secondary N) is 2. The summed E-state index contributed by atoms with van der Waals surface area (Å²) in [4.78, 5) is 37.8. The number of carbonyl (C=O) groups excluding carboxylic acids is 3. The number of benzene rings is 1. The van der Waals surface area contributed by atoms with E-state index < -0.39 is 29.6 Å². The van der Waals surface area contributed by atoms with Gasteiger partial charge in [-0.05, 0) is 45.7 Å². The van der Waals surface area contributed by atoms with Crippen LogP contribution in [0.3, 0.4) is 0 Å². The fourth-order valence-corrected chi connectivity index (χ4v) is 2.44. The highest BCUT2D eigenvalue weighted by atomic mass is 16.6. The van der Waals surface area contributed by atoms with E-state index in [1.54, 1.807) is 51.1 Å². The second-order valence-electron chi connectivity index (χ2n) is 6.64. The molecule has 1 unspecified atom stereocenters. The fourth-order valence-electron chi connectivity index (χ4n) is 2.44. The normalized spacial score (nSPS) is 17.3. The molecule has 1 aliphatic heterocycles. The fraction of sp³-hybridized carbons (Fsp3) is 0.471. The Morgan fingerprint density at radius 1 is 1.12 bits per heavy atom. The molecule has 0 bridgehead atoms. The molecule has 7 heteroatoms. The van der Waals surface area contributed by atoms with E-state index in [0.29, 0.717) is 24.9 Å². The number of likely N-dealkylation sites (tertiary alicyclic amines) is 1. The predicted octanol–water partition coefficient (Wildman–Crippen LogP) is 1.85. The summed E-state index contributed by atoms with van der Waals surface area (Å²) in [6.07, 6.45) is 0.727. The first-order valence-electron chi connectivity index (χ1n) is 7.93. The summed E-state index contributed by atoms with van der Waals surface area (Å²) >= 11 is 0. The summed E-state index contributed by atoms with van der Waals surface area (Å²) in [5.74, 6) is -0.839. The van der Waals surface area contributed by atoms with Gasteiger partial charge in [-0.1, -0.05) is 18.2 Å². The van der Waals surface area contributed by atoms with Crippen LogP contribution in [0.5, 0.6) is 0 Å². The zero-order chi connectivity index (χ0) is 17.7. The van der Waals surface area contributed by atoms with Gasteiger partial charge in [0.2, 0.25) is 0 Å². The van der Waals surface area contributed by atoms with Crippen molar-refractivity contribution in [3.63, 3.8) is 0 Å². The predicted molar refractivity (Wildman–Crippen MR) is 88.0 cm³/mol. The summed E-state index contributed by atoms with van der Waals surface area (Å²) in [7, 11) is 0. The van der Waals surface area contributed by atoms with Gasteiger partial charge in [-0.15, -0.1) is 0 Å². The molecule has 1 fully saturated rings. The van der Waals surface area contributed by atoms with Crippen LogP contribution in [-0.2, 0) is 9.53 Å². The Hall–Kier alpha value is -2.57. The highest BCUT2D eigenvalue weighted by molar-refractivity contribution is 5.96. The molecule has 7 nitrogen and oxygen atoms in total. The third kappa shape index (κ3) is 4.71. The average molecular weight is 333 g/mol. The van der Waals surface area contributed by atoms with E-state index in [-0.39, 0.29) is 0 Å². The van der Waals surface area contributed by atoms with Crippen molar-refractivity contribution in [1.82, 2.24) is 15.8 Å². The number of hydrogen-bond acceptors (Lipinski definition) is 4. The van der Waals surface area contributed by atoms with Crippen LogP contribution in [0.15, 0.2) is 30.3 Å². The van der Waals surface area contributed by atoms with Crippen LogP contribution >= 0.6 is 0 Å². The molecule has 1 aliphatic rings. The number of amides is 3. The maximum Gasteiger partial charge on any atom is 0.410 e. The Labute approximate surface area is 141 Å². The molecule has 0 aliphatic carbocycles. The van der Waals surface area contributed by atoms with Crippen LogP contribution in [0.1, 0.15) is 44.0 Å². The van der Waals surface area contributed by atoms with Crippen molar-refractivity contribution in [2.45, 2.75) is 45.3 Å². The standard InChI is InChI=1S/C17H23N3O4/c1-17(2,3)24-16(23)20-11-7-10-13(20)15(22)19-18-14(21)12-8-5-4-6-9-12/h4-6,8-9,13H,7,10-11H2,1-3H3,(H,18,21)(H,19,22). The quantitative estimate of drug-likeness (QED) is 0.809. The Morgan fingerprint density at radius 2 is 1.79 bits per heavy atom. The van der Waals surface area contributed by atoms with E-state index in [9.17, 15) is 14.4 Å². The number of ether oxygens (including phenoxy) is 1. The van der Waals surface area contributed by atoms with E-state index in [4.69, 9.17) is 4.74 Å². The minimum absolute atomic E-state index is 0.411. The van der Waals surface area contributed by atoms with E-state index in [2.05, 4.69) is 10.9 Å². The van der Waals surface area contributed by atoms with Crippen molar-refractivity contribution >= 4 is 17.9 Å². The maximum atomic E-state index is 12.3. The second kappa shape index (κ2) is 7.33. The molecular formula is C17H23N3O4. The summed E-state index contributed by atoms with van der Waals surface area (Å²) in [6, 6.07) is 7.91. The lowest BCUT2D eigenvalue weighted by Gasteiger charge is -2.28. The Morgan fingerprint density at radius 3 is 2.42 bits per heavy atom. The minimum Gasteiger partial charge on any atom is -0.444 e. The van der Waals surface area contributed by atoms with Crippen LogP contribution < -0.4 is 10.9 Å². The third-order valence-electron chi connectivity index (χ3n) is 3.52. The summed E-state index contributed by atoms with van der Waals surface area (Å²) < 4.78 is 5.32. The number of rotatable bonds is 2. The highest BCUT2D eigenvalue weighted by Crippen LogP contribution is 2.20. The molecule has 1 heterocycles. The topological polar surface area (TPSA) is 87.7 Å². The molecule has 0 spiro atoms. The SMILES string of the molecule is CC(C)(C)OC(=O)N1CCCC1C(=O)NNC(=O)c1ccccc1. The van der Waals surface area contributed by atoms with Crippen molar-refractivity contribution in [2.75, 3.05) is 6.54 Å². The van der Waals surface area contributed by atoms with Gasteiger partial charge in [0.05, 0.1) is 0 Å². The number of hydrazine groups is 1. The van der Waals surface area contributed by atoms with Gasteiger partial charge in [0.15, 0.2) is 0 Å². The van der Waals surface area contributed by atoms with Gasteiger partial charge >= 0.3 is 6.09 Å². The zero-order valence-electron chi connectivity index (χ0n) is 14.2. The van der Waals surface area contributed by atoms with Gasteiger partial charge in [0, 0.05) is 12.1 Å². The minimum atomic E-state index is -0.643. The molecule has 2 rings (SSSR count). The van der Waals surface area contributed by atoms with E-state index >= 15 is 0 Å². The van der Waals surface area contributed by atoms with Crippen LogP contribution in [0.2, 0.25) is 0 Å². The molecule has 1 aromatic rings. The van der Waals surface area contributed by atoms with Crippen LogP contribution in [-0.4, -0.2) is 41.0 Å². The molecule has 24 heavy (non-hydrogen) atoms. The van der Waals surface area contributed by atoms with Crippen LogP contribution in [0.4, 0.5) is 4.79 Å². The summed E-state index contributed by atoms with van der Waals surface area (Å²) in [6.45, 7) is 5.78. The van der Waals surface area contributed by atoms with Crippen molar-refractivity contribution in [2.24, 2.45) is 0 Å². The molecule has 3 amide bonds. The first-order valence-corrected chi connectivity index (χ1v) is 7.93. The average Bonchev–Trinajstić information content (AvgIpc) is 3.01. The van der Waals surface area contributed by atoms with E-state index in [1.165, 1.54) is 4.90 Å². The van der Waals surface area contributed by atoms with Crippen LogP contribution in [0, 0.1) is 0 Å². The zero-order valence-corrected chi connectivity index (χ0v) is 14.2. The van der Waals surface area contributed by atoms with Gasteiger partial charge in [-0.3, -0.25) is 25.3 Å². The maximum absolute atomic E-state index is 12.3. The first kappa shape index (κ1) is 17.8. The summed E-state index contributed by atoms with van der Waals surface area (Å²) in [5, 5.41) is 0. The van der Waals surface area contributed by atoms with Gasteiger partial charge in [-0.25, -0.2) is 4.79 Å². The molecule has 2 N–H and O–H groups in total. The Balaban J connectivity index is 1.91. The molecule has 0 aromatic heterocycles.